The van der Waals surface area contributed by atoms with Crippen LogP contribution in [0.3, 0.4) is 0 Å². The highest BCUT2D eigenvalue weighted by Crippen LogP contribution is 2.40. The molecule has 0 aliphatic heterocycles. The number of anilines is 1. The predicted molar refractivity (Wildman–Crippen MR) is 82.7 cm³/mol. The average molecular weight is 347 g/mol. The first-order valence-electron chi connectivity index (χ1n) is 6.37. The van der Waals surface area contributed by atoms with Gasteiger partial charge in [0.05, 0.1) is 5.69 Å². The van der Waals surface area contributed by atoms with E-state index < -0.39 is 5.91 Å². The van der Waals surface area contributed by atoms with Crippen molar-refractivity contribution in [3.63, 3.8) is 0 Å². The van der Waals surface area contributed by atoms with Gasteiger partial charge in [0.1, 0.15) is 10.0 Å². The molecular formula is C13H12Cl3N4O+. The van der Waals surface area contributed by atoms with Crippen LogP contribution in [0, 0.1) is 11.8 Å². The molecule has 110 valence electrons. The molecule has 2 aliphatic rings. The lowest BCUT2D eigenvalue weighted by Gasteiger charge is -2.31. The number of amides is 1. The van der Waals surface area contributed by atoms with E-state index in [1.165, 1.54) is 0 Å². The van der Waals surface area contributed by atoms with Crippen molar-refractivity contribution in [1.82, 2.24) is 5.43 Å². The van der Waals surface area contributed by atoms with E-state index in [1.54, 1.807) is 0 Å². The smallest absolute Gasteiger partial charge is 0.337 e. The van der Waals surface area contributed by atoms with Gasteiger partial charge in [0.15, 0.2) is 0 Å². The number of carbonyl (C=O) groups is 1. The summed E-state index contributed by atoms with van der Waals surface area (Å²) in [5.41, 5.74) is 9.25. The van der Waals surface area contributed by atoms with Gasteiger partial charge in [-0.05, 0) is 30.4 Å². The SMILES string of the molecule is Nc1c(Cl)c(Cl)[nH+]c(C(=O)N/N=C2\C[C@@H]3C=CC[C@H]23)c1Cl. The third-order valence-corrected chi connectivity index (χ3v) is 4.98. The molecule has 0 unspecified atom stereocenters. The lowest BCUT2D eigenvalue weighted by Crippen LogP contribution is -2.36. The van der Waals surface area contributed by atoms with E-state index >= 15 is 0 Å². The molecule has 1 aromatic heterocycles. The van der Waals surface area contributed by atoms with E-state index in [0.717, 1.165) is 18.6 Å². The van der Waals surface area contributed by atoms with Crippen molar-refractivity contribution < 1.29 is 9.78 Å². The number of hydrazone groups is 1. The lowest BCUT2D eigenvalue weighted by molar-refractivity contribution is -0.379. The molecule has 0 bridgehead atoms. The molecular weight excluding hydrogens is 335 g/mol. The largest absolute Gasteiger partial charge is 0.396 e. The molecule has 0 radical (unpaired) electrons. The number of aromatic amines is 1. The van der Waals surface area contributed by atoms with Crippen molar-refractivity contribution in [2.24, 2.45) is 16.9 Å². The molecule has 0 saturated heterocycles. The number of nitrogen functional groups attached to an aromatic ring is 1. The van der Waals surface area contributed by atoms with Crippen molar-refractivity contribution in [2.75, 3.05) is 5.73 Å². The third-order valence-electron chi connectivity index (χ3n) is 3.81. The quantitative estimate of drug-likeness (QED) is 0.490. The van der Waals surface area contributed by atoms with Gasteiger partial charge in [-0.2, -0.15) is 10.1 Å². The van der Waals surface area contributed by atoms with Gasteiger partial charge in [-0.1, -0.05) is 35.4 Å². The van der Waals surface area contributed by atoms with E-state index in [2.05, 4.69) is 27.7 Å². The van der Waals surface area contributed by atoms with Gasteiger partial charge < -0.3 is 5.73 Å². The van der Waals surface area contributed by atoms with Crippen molar-refractivity contribution in [2.45, 2.75) is 12.8 Å². The highest BCUT2D eigenvalue weighted by Gasteiger charge is 2.38. The first kappa shape index (κ1) is 14.6. The normalized spacial score (nSPS) is 24.8. The number of aromatic nitrogens is 1. The Kier molecular flexibility index (Phi) is 3.82. The molecule has 0 aromatic carbocycles. The standard InChI is InChI=1S/C13H11Cl3N4O/c14-8-10(17)9(15)12(16)18-11(8)13(21)20-19-7-4-5-2-1-3-6(5)7/h1-2,5-6H,3-4H2,(H2,17,18)(H,20,21)/p+1/b19-7+/t5-,6-/m0/s1. The number of H-pyrrole nitrogens is 1. The van der Waals surface area contributed by atoms with Gasteiger partial charge in [0, 0.05) is 11.6 Å². The van der Waals surface area contributed by atoms with Crippen molar-refractivity contribution >= 4 is 52.1 Å². The van der Waals surface area contributed by atoms with Crippen LogP contribution in [0.15, 0.2) is 17.3 Å². The molecule has 4 N–H and O–H groups in total. The molecule has 5 nitrogen and oxygen atoms in total. The minimum absolute atomic E-state index is 0.0242. The number of hydrogen-bond donors (Lipinski definition) is 2. The maximum atomic E-state index is 12.1. The minimum Gasteiger partial charge on any atom is -0.396 e. The summed E-state index contributed by atoms with van der Waals surface area (Å²) >= 11 is 17.7. The second-order valence-corrected chi connectivity index (χ2v) is 6.17. The zero-order valence-electron chi connectivity index (χ0n) is 10.8. The Bertz CT molecular complexity index is 686. The topological polar surface area (TPSA) is 81.6 Å². The molecule has 0 spiro atoms. The van der Waals surface area contributed by atoms with Crippen LogP contribution in [-0.2, 0) is 0 Å². The third kappa shape index (κ3) is 2.50. The minimum atomic E-state index is -0.507. The molecule has 1 amide bonds. The van der Waals surface area contributed by atoms with E-state index in [9.17, 15) is 4.79 Å². The molecule has 1 fully saturated rings. The summed E-state index contributed by atoms with van der Waals surface area (Å²) in [6.45, 7) is 0. The first-order chi connectivity index (χ1) is 9.99. The molecule has 3 rings (SSSR count). The maximum Gasteiger partial charge on any atom is 0.337 e. The van der Waals surface area contributed by atoms with Crippen LogP contribution in [0.4, 0.5) is 5.69 Å². The summed E-state index contributed by atoms with van der Waals surface area (Å²) < 4.78 is 0. The van der Waals surface area contributed by atoms with Crippen LogP contribution in [-0.4, -0.2) is 11.6 Å². The van der Waals surface area contributed by atoms with Crippen LogP contribution < -0.4 is 16.1 Å². The summed E-state index contributed by atoms with van der Waals surface area (Å²) in [5.74, 6) is 0.479. The summed E-state index contributed by atoms with van der Waals surface area (Å²) in [7, 11) is 0. The van der Waals surface area contributed by atoms with Crippen LogP contribution in [0.1, 0.15) is 23.3 Å². The number of hydrogen-bond acceptors (Lipinski definition) is 3. The van der Waals surface area contributed by atoms with E-state index in [4.69, 9.17) is 40.5 Å². The summed E-state index contributed by atoms with van der Waals surface area (Å²) in [4.78, 5) is 14.7. The fraction of sp³-hybridized carbons (Fsp3) is 0.308. The molecule has 2 atom stereocenters. The fourth-order valence-corrected chi connectivity index (χ4v) is 3.18. The summed E-state index contributed by atoms with van der Waals surface area (Å²) in [6, 6.07) is 0. The van der Waals surface area contributed by atoms with Gasteiger partial charge in [-0.3, -0.25) is 4.79 Å². The number of fused-ring (bicyclic) bond motifs is 1. The molecule has 21 heavy (non-hydrogen) atoms. The van der Waals surface area contributed by atoms with Crippen molar-refractivity contribution in [3.05, 3.63) is 33.0 Å². The monoisotopic (exact) mass is 345 g/mol. The number of pyridine rings is 1. The number of halogens is 3. The molecule has 8 heteroatoms. The average Bonchev–Trinajstić information content (AvgIpc) is 2.82. The zero-order valence-corrected chi connectivity index (χ0v) is 13.1. The number of rotatable bonds is 2. The highest BCUT2D eigenvalue weighted by molar-refractivity contribution is 6.45. The number of allylic oxidation sites excluding steroid dienone is 2. The Morgan fingerprint density at radius 2 is 2.14 bits per heavy atom. The number of carbonyl (C=O) groups excluding carboxylic acids is 1. The van der Waals surface area contributed by atoms with E-state index in [-0.39, 0.29) is 26.6 Å². The summed E-state index contributed by atoms with van der Waals surface area (Å²) in [5, 5.41) is 4.32. The van der Waals surface area contributed by atoms with Gasteiger partial charge >= 0.3 is 5.91 Å². The highest BCUT2D eigenvalue weighted by atomic mass is 35.5. The second-order valence-electron chi connectivity index (χ2n) is 5.04. The molecule has 2 aliphatic carbocycles. The number of nitrogens with two attached hydrogens (primary N) is 1. The van der Waals surface area contributed by atoms with Crippen LogP contribution >= 0.6 is 34.8 Å². The molecule has 1 aromatic rings. The van der Waals surface area contributed by atoms with Gasteiger partial charge in [-0.25, -0.2) is 5.43 Å². The first-order valence-corrected chi connectivity index (χ1v) is 7.51. The zero-order chi connectivity index (χ0) is 15.1. The van der Waals surface area contributed by atoms with Crippen LogP contribution in [0.5, 0.6) is 0 Å². The van der Waals surface area contributed by atoms with Crippen molar-refractivity contribution in [3.8, 4) is 0 Å². The van der Waals surface area contributed by atoms with Gasteiger partial charge in [-0.15, -0.1) is 0 Å². The van der Waals surface area contributed by atoms with Gasteiger partial charge in [0.25, 0.3) is 10.8 Å². The second kappa shape index (κ2) is 5.48. The van der Waals surface area contributed by atoms with Crippen LogP contribution in [0.25, 0.3) is 0 Å². The Labute approximate surface area is 136 Å². The molecule has 1 saturated carbocycles. The van der Waals surface area contributed by atoms with Crippen molar-refractivity contribution in [1.29, 1.82) is 0 Å². The predicted octanol–water partition coefficient (Wildman–Crippen LogP) is 2.72. The fourth-order valence-electron chi connectivity index (χ4n) is 2.57. The Hall–Kier alpha value is -1.30. The number of nitrogens with zero attached hydrogens (tertiary/aromatic N) is 1. The lowest BCUT2D eigenvalue weighted by atomic mass is 9.74. The summed E-state index contributed by atoms with van der Waals surface area (Å²) in [6.07, 6.45) is 6.19. The maximum absolute atomic E-state index is 12.1. The molecule has 1 heterocycles. The number of nitrogens with one attached hydrogen (secondary N) is 2. The Morgan fingerprint density at radius 1 is 1.38 bits per heavy atom. The van der Waals surface area contributed by atoms with E-state index in [1.807, 2.05) is 0 Å². The van der Waals surface area contributed by atoms with Gasteiger partial charge in [0.2, 0.25) is 0 Å². The van der Waals surface area contributed by atoms with Crippen LogP contribution in [0.2, 0.25) is 15.2 Å². The Balaban J connectivity index is 1.76. The Morgan fingerprint density at radius 3 is 2.86 bits per heavy atom. The van der Waals surface area contributed by atoms with E-state index in [0.29, 0.717) is 11.8 Å².